The van der Waals surface area contributed by atoms with Crippen LogP contribution in [0.5, 0.6) is 0 Å². The van der Waals surface area contributed by atoms with Gasteiger partial charge in [0.1, 0.15) is 5.82 Å². The van der Waals surface area contributed by atoms with Crippen LogP contribution < -0.4 is 0 Å². The van der Waals surface area contributed by atoms with Crippen LogP contribution in [-0.2, 0) is 6.42 Å². The number of aromatic nitrogens is 2. The van der Waals surface area contributed by atoms with Gasteiger partial charge in [-0.2, -0.15) is 0 Å². The van der Waals surface area contributed by atoms with Gasteiger partial charge < -0.3 is 4.90 Å². The van der Waals surface area contributed by atoms with Gasteiger partial charge in [0, 0.05) is 12.4 Å². The Morgan fingerprint density at radius 1 is 1.23 bits per heavy atom. The van der Waals surface area contributed by atoms with E-state index in [1.807, 2.05) is 19.3 Å². The molecule has 0 saturated heterocycles. The van der Waals surface area contributed by atoms with Gasteiger partial charge in [0.05, 0.1) is 0 Å². The maximum atomic E-state index is 4.15. The molecule has 0 amide bonds. The van der Waals surface area contributed by atoms with Crippen LogP contribution in [-0.4, -0.2) is 35.5 Å². The molecule has 0 N–H and O–H groups in total. The first-order valence-corrected chi connectivity index (χ1v) is 4.61. The van der Waals surface area contributed by atoms with E-state index in [1.165, 1.54) is 12.0 Å². The largest absolute Gasteiger partial charge is 0.309 e. The van der Waals surface area contributed by atoms with E-state index in [1.54, 1.807) is 0 Å². The fourth-order valence-corrected chi connectivity index (χ4v) is 1.15. The molecule has 3 heteroatoms. The minimum absolute atomic E-state index is 0.844. The van der Waals surface area contributed by atoms with Crippen molar-refractivity contribution in [3.63, 3.8) is 0 Å². The Kier molecular flexibility index (Phi) is 3.83. The van der Waals surface area contributed by atoms with Crippen molar-refractivity contribution in [2.24, 2.45) is 0 Å². The highest BCUT2D eigenvalue weighted by atomic mass is 15.0. The second-order valence-corrected chi connectivity index (χ2v) is 3.55. The van der Waals surface area contributed by atoms with Crippen LogP contribution in [0.1, 0.15) is 17.8 Å². The molecule has 3 nitrogen and oxygen atoms in total. The van der Waals surface area contributed by atoms with Crippen LogP contribution in [0, 0.1) is 6.92 Å². The van der Waals surface area contributed by atoms with Crippen LogP contribution in [0.25, 0.3) is 0 Å². The Balaban J connectivity index is 2.33. The van der Waals surface area contributed by atoms with Crippen molar-refractivity contribution < 1.29 is 0 Å². The highest BCUT2D eigenvalue weighted by molar-refractivity contribution is 5.04. The molecule has 0 bridgehead atoms. The van der Waals surface area contributed by atoms with Gasteiger partial charge >= 0.3 is 0 Å². The molecule has 1 heterocycles. The molecular weight excluding hydrogens is 162 g/mol. The quantitative estimate of drug-likeness (QED) is 0.697. The Bertz CT molecular complexity index is 241. The first kappa shape index (κ1) is 10.1. The van der Waals surface area contributed by atoms with E-state index in [0.29, 0.717) is 0 Å². The summed E-state index contributed by atoms with van der Waals surface area (Å²) in [5, 5.41) is 0. The maximum absolute atomic E-state index is 4.15. The lowest BCUT2D eigenvalue weighted by molar-refractivity contribution is 0.400. The number of nitrogens with zero attached hydrogens (tertiary/aromatic N) is 3. The second kappa shape index (κ2) is 4.92. The van der Waals surface area contributed by atoms with Crippen molar-refractivity contribution in [1.82, 2.24) is 14.9 Å². The highest BCUT2D eigenvalue weighted by Gasteiger charge is 1.95. The van der Waals surface area contributed by atoms with Gasteiger partial charge in [0.15, 0.2) is 0 Å². The predicted molar refractivity (Wildman–Crippen MR) is 53.6 cm³/mol. The fourth-order valence-electron chi connectivity index (χ4n) is 1.15. The average molecular weight is 179 g/mol. The summed E-state index contributed by atoms with van der Waals surface area (Å²) in [6, 6.07) is 0. The molecular formula is C10H17N3. The number of rotatable bonds is 4. The SMILES string of the molecule is Cc1ncc(CCCN(C)C)cn1. The summed E-state index contributed by atoms with van der Waals surface area (Å²) >= 11 is 0. The second-order valence-electron chi connectivity index (χ2n) is 3.55. The lowest BCUT2D eigenvalue weighted by Gasteiger charge is -2.08. The molecule has 0 aromatic carbocycles. The zero-order valence-electron chi connectivity index (χ0n) is 8.62. The first-order valence-electron chi connectivity index (χ1n) is 4.61. The predicted octanol–water partition coefficient (Wildman–Crippen LogP) is 1.28. The van der Waals surface area contributed by atoms with E-state index in [4.69, 9.17) is 0 Å². The number of hydrogen-bond donors (Lipinski definition) is 0. The van der Waals surface area contributed by atoms with Crippen LogP contribution in [0.4, 0.5) is 0 Å². The summed E-state index contributed by atoms with van der Waals surface area (Å²) in [4.78, 5) is 10.5. The summed E-state index contributed by atoms with van der Waals surface area (Å²) < 4.78 is 0. The molecule has 0 aliphatic carbocycles. The summed E-state index contributed by atoms with van der Waals surface area (Å²) in [6.07, 6.45) is 6.06. The minimum Gasteiger partial charge on any atom is -0.309 e. The van der Waals surface area contributed by atoms with E-state index < -0.39 is 0 Å². The summed E-state index contributed by atoms with van der Waals surface area (Å²) in [6.45, 7) is 3.03. The van der Waals surface area contributed by atoms with Crippen LogP contribution in [0.3, 0.4) is 0 Å². The molecule has 0 aliphatic heterocycles. The average Bonchev–Trinajstić information content (AvgIpc) is 2.08. The molecule has 0 fully saturated rings. The third-order valence-electron chi connectivity index (χ3n) is 1.91. The van der Waals surface area contributed by atoms with Gasteiger partial charge in [-0.3, -0.25) is 0 Å². The molecule has 1 aromatic rings. The monoisotopic (exact) mass is 179 g/mol. The number of hydrogen-bond acceptors (Lipinski definition) is 3. The Labute approximate surface area is 79.8 Å². The van der Waals surface area contributed by atoms with Gasteiger partial charge in [0.25, 0.3) is 0 Å². The minimum atomic E-state index is 0.844. The lowest BCUT2D eigenvalue weighted by Crippen LogP contribution is -2.13. The molecule has 0 atom stereocenters. The number of aryl methyl sites for hydroxylation is 2. The highest BCUT2D eigenvalue weighted by Crippen LogP contribution is 2.00. The van der Waals surface area contributed by atoms with Crippen molar-refractivity contribution in [3.8, 4) is 0 Å². The van der Waals surface area contributed by atoms with Gasteiger partial charge in [-0.15, -0.1) is 0 Å². The molecule has 1 rings (SSSR count). The van der Waals surface area contributed by atoms with Crippen LogP contribution in [0.2, 0.25) is 0 Å². The maximum Gasteiger partial charge on any atom is 0.125 e. The third kappa shape index (κ3) is 3.99. The Hall–Kier alpha value is -0.960. The van der Waals surface area contributed by atoms with E-state index in [9.17, 15) is 0 Å². The molecule has 0 saturated carbocycles. The van der Waals surface area contributed by atoms with Crippen LogP contribution >= 0.6 is 0 Å². The van der Waals surface area contributed by atoms with E-state index in [2.05, 4.69) is 29.0 Å². The molecule has 72 valence electrons. The Morgan fingerprint density at radius 2 is 1.85 bits per heavy atom. The van der Waals surface area contributed by atoms with Crippen molar-refractivity contribution in [1.29, 1.82) is 0 Å². The van der Waals surface area contributed by atoms with Gasteiger partial charge in [-0.25, -0.2) is 9.97 Å². The molecule has 0 aliphatic rings. The van der Waals surface area contributed by atoms with Crippen LogP contribution in [0.15, 0.2) is 12.4 Å². The van der Waals surface area contributed by atoms with Gasteiger partial charge in [-0.1, -0.05) is 0 Å². The summed E-state index contributed by atoms with van der Waals surface area (Å²) in [5.74, 6) is 0.844. The molecule has 13 heavy (non-hydrogen) atoms. The zero-order valence-corrected chi connectivity index (χ0v) is 8.62. The first-order chi connectivity index (χ1) is 6.18. The van der Waals surface area contributed by atoms with Crippen molar-refractivity contribution in [2.45, 2.75) is 19.8 Å². The van der Waals surface area contributed by atoms with E-state index in [0.717, 1.165) is 18.8 Å². The summed E-state index contributed by atoms with van der Waals surface area (Å²) in [5.41, 5.74) is 1.23. The van der Waals surface area contributed by atoms with Crippen molar-refractivity contribution in [3.05, 3.63) is 23.8 Å². The normalized spacial score (nSPS) is 10.8. The summed E-state index contributed by atoms with van der Waals surface area (Å²) in [7, 11) is 4.18. The molecule has 0 radical (unpaired) electrons. The standard InChI is InChI=1S/C10H17N3/c1-9-11-7-10(8-12-9)5-4-6-13(2)3/h7-8H,4-6H2,1-3H3. The zero-order chi connectivity index (χ0) is 9.68. The van der Waals surface area contributed by atoms with Gasteiger partial charge in [0.2, 0.25) is 0 Å². The van der Waals surface area contributed by atoms with Crippen molar-refractivity contribution >= 4 is 0 Å². The lowest BCUT2D eigenvalue weighted by atomic mass is 10.2. The third-order valence-corrected chi connectivity index (χ3v) is 1.91. The van der Waals surface area contributed by atoms with E-state index >= 15 is 0 Å². The Morgan fingerprint density at radius 3 is 2.38 bits per heavy atom. The molecule has 1 aromatic heterocycles. The van der Waals surface area contributed by atoms with Crippen molar-refractivity contribution in [2.75, 3.05) is 20.6 Å². The molecule has 0 spiro atoms. The fraction of sp³-hybridized carbons (Fsp3) is 0.600. The topological polar surface area (TPSA) is 29.0 Å². The van der Waals surface area contributed by atoms with Gasteiger partial charge in [-0.05, 0) is 46.0 Å². The smallest absolute Gasteiger partial charge is 0.125 e. The molecule has 0 unspecified atom stereocenters. The van der Waals surface area contributed by atoms with E-state index in [-0.39, 0.29) is 0 Å².